The molecule has 9 aromatic rings. The number of ketones is 2. The third kappa shape index (κ3) is 12.7. The second kappa shape index (κ2) is 25.5. The fourth-order valence-corrected chi connectivity index (χ4v) is 12.5. The number of aliphatic hydroxyl groups is 2. The zero-order valence-corrected chi connectivity index (χ0v) is 49.8. The van der Waals surface area contributed by atoms with E-state index in [2.05, 4.69) is 142 Å². The lowest BCUT2D eigenvalue weighted by molar-refractivity contribution is -0.119. The molecule has 2 amide bonds. The largest absolute Gasteiger partial charge is 0.388 e. The minimum atomic E-state index is -0.475. The molecule has 6 heterocycles. The number of hydrogen-bond acceptors (Lipinski definition) is 9. The summed E-state index contributed by atoms with van der Waals surface area (Å²) in [4.78, 5) is 53.5. The fraction of sp³-hybridized carbons (Fsp3) is 0.343. The number of likely N-dealkylation sites (N-methyl/N-ethyl adjacent to an activating group) is 1. The van der Waals surface area contributed by atoms with Gasteiger partial charge in [-0.1, -0.05) is 124 Å². The molecule has 3 aliphatic rings. The van der Waals surface area contributed by atoms with Gasteiger partial charge in [0, 0.05) is 158 Å². The number of rotatable bonds is 14. The molecule has 14 heteroatoms. The number of fused-ring (bicyclic) bond motifs is 9. The zero-order valence-electron chi connectivity index (χ0n) is 49.8. The lowest BCUT2D eigenvalue weighted by Gasteiger charge is -2.31. The Morgan fingerprint density at radius 2 is 0.988 bits per heavy atom. The van der Waals surface area contributed by atoms with E-state index >= 15 is 0 Å². The topological polar surface area (TPSA) is 171 Å². The van der Waals surface area contributed by atoms with E-state index in [1.54, 1.807) is 19.2 Å². The van der Waals surface area contributed by atoms with E-state index in [-0.39, 0.29) is 35.3 Å². The molecule has 6 aromatic carbocycles. The van der Waals surface area contributed by atoms with Crippen LogP contribution in [0.15, 0.2) is 140 Å². The summed E-state index contributed by atoms with van der Waals surface area (Å²) in [5, 5.41) is 24.7. The van der Waals surface area contributed by atoms with E-state index in [1.165, 1.54) is 77.6 Å². The molecule has 0 fully saturated rings. The number of aliphatic hydroxyl groups excluding tert-OH is 2. The van der Waals surface area contributed by atoms with E-state index < -0.39 is 13.2 Å². The Hall–Kier alpha value is -7.98. The van der Waals surface area contributed by atoms with Crippen LogP contribution < -0.4 is 11.1 Å². The Balaban J connectivity index is 0.000000140. The summed E-state index contributed by atoms with van der Waals surface area (Å²) in [6.45, 7) is 18.7. The van der Waals surface area contributed by atoms with Crippen LogP contribution in [0.4, 0.5) is 0 Å². The maximum Gasteiger partial charge on any atom is 0.251 e. The lowest BCUT2D eigenvalue weighted by Crippen LogP contribution is -2.37. The highest BCUT2D eigenvalue weighted by Gasteiger charge is 2.28. The van der Waals surface area contributed by atoms with E-state index in [9.17, 15) is 19.2 Å². The van der Waals surface area contributed by atoms with Crippen molar-refractivity contribution in [1.82, 2.24) is 33.7 Å². The molecule has 3 aliphatic heterocycles. The van der Waals surface area contributed by atoms with Crippen LogP contribution in [0.2, 0.25) is 0 Å². The van der Waals surface area contributed by atoms with Gasteiger partial charge in [0.25, 0.3) is 5.91 Å². The lowest BCUT2D eigenvalue weighted by atomic mass is 9.86. The molecule has 3 aromatic heterocycles. The standard InChI is InChI=1S/C25H30N2O2.C23H27N3O.C22H23N3O3/c1-25(2,3)19-9-10-22-20(13-19)21-15-26(4)12-11-23(21)27(22)14-17-5-7-18(8-6-17)24(29)16-28;1-16(2)25-13-12-22-20(15-25)19-6-4-5-7-21(19)26(22)14-17-8-10-18(11-9-17)23(27)24-3;23-22(28)13-24-10-9-20-18(12-24)17-3-1-2-4-19(17)25(20)11-15-5-7-16(8-6-15)21(27)14-26/h5-10,13,28H,11-12,14-16H2,1-4H3;4-11,16H,12-15H2,1-3H3,(H,24,27);1-8,26H,9-14H2,(H2,23,28). The van der Waals surface area contributed by atoms with E-state index in [0.29, 0.717) is 29.3 Å². The maximum atomic E-state index is 11.8. The van der Waals surface area contributed by atoms with Gasteiger partial charge in [-0.25, -0.2) is 0 Å². The highest BCUT2D eigenvalue weighted by molar-refractivity contribution is 5.98. The van der Waals surface area contributed by atoms with Gasteiger partial charge in [0.05, 0.1) is 6.54 Å². The Morgan fingerprint density at radius 3 is 1.45 bits per heavy atom. The smallest absolute Gasteiger partial charge is 0.251 e. The first-order chi connectivity index (χ1) is 40.4. The van der Waals surface area contributed by atoms with Crippen LogP contribution in [-0.2, 0) is 68.7 Å². The van der Waals surface area contributed by atoms with Crippen LogP contribution in [0.5, 0.6) is 0 Å². The molecule has 12 rings (SSSR count). The van der Waals surface area contributed by atoms with Crippen LogP contribution in [0.25, 0.3) is 32.7 Å². The molecule has 0 aliphatic carbocycles. The number of aromatic nitrogens is 3. The number of hydrogen-bond donors (Lipinski definition) is 4. The van der Waals surface area contributed by atoms with E-state index in [4.69, 9.17) is 15.9 Å². The number of para-hydroxylation sites is 2. The quantitative estimate of drug-likeness (QED) is 0.0775. The predicted octanol–water partition coefficient (Wildman–Crippen LogP) is 9.67. The number of primary amides is 1. The first-order valence-corrected chi connectivity index (χ1v) is 29.5. The number of nitrogens with two attached hydrogens (primary N) is 1. The van der Waals surface area contributed by atoms with E-state index in [1.807, 2.05) is 60.7 Å². The second-order valence-electron chi connectivity index (χ2n) is 24.1. The van der Waals surface area contributed by atoms with Gasteiger partial charge in [0.2, 0.25) is 5.91 Å². The number of nitrogens with one attached hydrogen (secondary N) is 1. The molecule has 0 spiro atoms. The van der Waals surface area contributed by atoms with Gasteiger partial charge in [-0.3, -0.25) is 29.0 Å². The molecule has 5 N–H and O–H groups in total. The van der Waals surface area contributed by atoms with Gasteiger partial charge in [-0.05, 0) is 102 Å². The average Bonchev–Trinajstić information content (AvgIpc) is 3.19. The van der Waals surface area contributed by atoms with Crippen LogP contribution in [-0.4, -0.2) is 122 Å². The molecule has 0 radical (unpaired) electrons. The van der Waals surface area contributed by atoms with Gasteiger partial charge in [-0.2, -0.15) is 0 Å². The van der Waals surface area contributed by atoms with Crippen molar-refractivity contribution >= 4 is 56.1 Å². The fourth-order valence-electron chi connectivity index (χ4n) is 12.5. The van der Waals surface area contributed by atoms with Gasteiger partial charge in [0.1, 0.15) is 13.2 Å². The van der Waals surface area contributed by atoms with Crippen LogP contribution >= 0.6 is 0 Å². The van der Waals surface area contributed by atoms with E-state index in [0.717, 1.165) is 82.7 Å². The minimum Gasteiger partial charge on any atom is -0.388 e. The first-order valence-electron chi connectivity index (χ1n) is 29.5. The normalized spacial score (nSPS) is 14.5. The highest BCUT2D eigenvalue weighted by atomic mass is 16.3. The molecular weight excluding hydrogens is 1050 g/mol. The zero-order chi connectivity index (χ0) is 59.4. The van der Waals surface area contributed by atoms with Crippen LogP contribution in [0.3, 0.4) is 0 Å². The molecule has 0 saturated carbocycles. The molecule has 0 saturated heterocycles. The molecule has 0 atom stereocenters. The van der Waals surface area contributed by atoms with Crippen LogP contribution in [0, 0.1) is 0 Å². The van der Waals surface area contributed by atoms with Crippen molar-refractivity contribution < 1.29 is 29.4 Å². The number of benzene rings is 6. The molecule has 0 bridgehead atoms. The molecule has 436 valence electrons. The second-order valence-corrected chi connectivity index (χ2v) is 24.1. The third-order valence-corrected chi connectivity index (χ3v) is 17.2. The summed E-state index contributed by atoms with van der Waals surface area (Å²) in [6.07, 6.45) is 2.99. The number of amides is 2. The van der Waals surface area contributed by atoms with Gasteiger partial charge in [-0.15, -0.1) is 0 Å². The monoisotopic (exact) mass is 1130 g/mol. The van der Waals surface area contributed by atoms with Crippen molar-refractivity contribution in [3.63, 3.8) is 0 Å². The summed E-state index contributed by atoms with van der Waals surface area (Å²) in [7, 11) is 3.85. The van der Waals surface area contributed by atoms with Crippen molar-refractivity contribution in [2.75, 3.05) is 53.5 Å². The molecular formula is C70H80N8O6. The van der Waals surface area contributed by atoms with Crippen molar-refractivity contribution in [3.05, 3.63) is 212 Å². The first kappa shape index (κ1) is 59.2. The number of carbonyl (C=O) groups excluding carboxylic acids is 4. The van der Waals surface area contributed by atoms with Crippen molar-refractivity contribution in [2.45, 2.75) is 105 Å². The molecule has 0 unspecified atom stereocenters. The summed E-state index contributed by atoms with van der Waals surface area (Å²) in [5.74, 6) is -0.855. The summed E-state index contributed by atoms with van der Waals surface area (Å²) < 4.78 is 7.25. The summed E-state index contributed by atoms with van der Waals surface area (Å²) in [5.41, 5.74) is 24.3. The van der Waals surface area contributed by atoms with Crippen molar-refractivity contribution in [3.8, 4) is 0 Å². The summed E-state index contributed by atoms with van der Waals surface area (Å²) >= 11 is 0. The van der Waals surface area contributed by atoms with Gasteiger partial charge < -0.3 is 39.9 Å². The number of Topliss-reactive ketones (excluding diaryl/α,β-unsaturated/α-hetero) is 2. The average molecular weight is 1130 g/mol. The van der Waals surface area contributed by atoms with Crippen LogP contribution in [0.1, 0.15) is 122 Å². The maximum absolute atomic E-state index is 11.8. The SMILES string of the molecule is CN1CCc2c(c3cc(C(C)(C)C)ccc3n2Cc2ccc(C(=O)CO)cc2)C1.CNC(=O)c1ccc(Cn2c3c(c4ccccc42)CN(C(C)C)CC3)cc1.NC(=O)CN1CCc2c(c3ccccc3n2Cc2ccc(C(=O)CO)cc2)C1. The Kier molecular flexibility index (Phi) is 18.0. The Bertz CT molecular complexity index is 3860. The molecule has 14 nitrogen and oxygen atoms in total. The van der Waals surface area contributed by atoms with Gasteiger partial charge >= 0.3 is 0 Å². The molecule has 84 heavy (non-hydrogen) atoms. The summed E-state index contributed by atoms with van der Waals surface area (Å²) in [6, 6.07) is 47.5. The van der Waals surface area contributed by atoms with Gasteiger partial charge in [0.15, 0.2) is 11.6 Å². The predicted molar refractivity (Wildman–Crippen MR) is 335 cm³/mol. The minimum absolute atomic E-state index is 0.0425. The van der Waals surface area contributed by atoms with Crippen molar-refractivity contribution in [1.29, 1.82) is 0 Å². The third-order valence-electron chi connectivity index (χ3n) is 17.2. The number of carbonyl (C=O) groups is 4. The highest BCUT2D eigenvalue weighted by Crippen LogP contribution is 2.37. The Morgan fingerprint density at radius 1 is 0.548 bits per heavy atom. The number of nitrogens with zero attached hydrogens (tertiary/aromatic N) is 6. The Labute approximate surface area is 493 Å². The van der Waals surface area contributed by atoms with Crippen molar-refractivity contribution in [2.24, 2.45) is 5.73 Å².